The molecular weight excluding hydrogens is 249 g/mol. The molecule has 1 aliphatic carbocycles. The minimum atomic E-state index is -1.13. The van der Waals surface area contributed by atoms with E-state index in [1.807, 2.05) is 0 Å². The van der Waals surface area contributed by atoms with Crippen LogP contribution in [-0.4, -0.2) is 30.8 Å². The van der Waals surface area contributed by atoms with Crippen LogP contribution < -0.4 is 5.32 Å². The fraction of sp³-hybridized carbons (Fsp3) is 0.500. The number of carbonyl (C=O) groups is 1. The van der Waals surface area contributed by atoms with Gasteiger partial charge in [0.2, 0.25) is 0 Å². The fourth-order valence-electron chi connectivity index (χ4n) is 1.78. The Labute approximate surface area is 111 Å². The normalized spacial score (nSPS) is 14.4. The van der Waals surface area contributed by atoms with E-state index < -0.39 is 11.8 Å². The molecule has 1 saturated carbocycles. The highest BCUT2D eigenvalue weighted by molar-refractivity contribution is 5.94. The molecule has 0 spiro atoms. The van der Waals surface area contributed by atoms with E-state index in [0.717, 1.165) is 25.0 Å². The van der Waals surface area contributed by atoms with Gasteiger partial charge in [0.05, 0.1) is 5.56 Å². The van der Waals surface area contributed by atoms with Gasteiger partial charge in [0, 0.05) is 25.4 Å². The Hall–Kier alpha value is -1.62. The zero-order valence-electron chi connectivity index (χ0n) is 10.7. The van der Waals surface area contributed by atoms with Crippen molar-refractivity contribution in [1.82, 2.24) is 0 Å². The van der Waals surface area contributed by atoms with Gasteiger partial charge in [0.25, 0.3) is 0 Å². The number of hydrogen-bond donors (Lipinski definition) is 2. The number of halogens is 1. The molecular formula is C14H18FNO3. The third-order valence-electron chi connectivity index (χ3n) is 3.04. The summed E-state index contributed by atoms with van der Waals surface area (Å²) in [6, 6.07) is 3.72. The number of rotatable bonds is 8. The average molecular weight is 267 g/mol. The zero-order chi connectivity index (χ0) is 13.7. The Kier molecular flexibility index (Phi) is 4.74. The minimum Gasteiger partial charge on any atom is -0.478 e. The predicted octanol–water partition coefficient (Wildman–Crippen LogP) is 2.75. The maximum Gasteiger partial charge on any atom is 0.337 e. The number of aromatic carboxylic acids is 1. The Morgan fingerprint density at radius 2 is 2.26 bits per heavy atom. The first kappa shape index (κ1) is 13.8. The third kappa shape index (κ3) is 4.52. The Morgan fingerprint density at radius 3 is 2.95 bits per heavy atom. The van der Waals surface area contributed by atoms with Gasteiger partial charge < -0.3 is 15.2 Å². The molecule has 1 fully saturated rings. The molecule has 0 amide bonds. The van der Waals surface area contributed by atoms with Crippen molar-refractivity contribution in [3.8, 4) is 0 Å². The van der Waals surface area contributed by atoms with Crippen molar-refractivity contribution >= 4 is 11.7 Å². The fourth-order valence-corrected chi connectivity index (χ4v) is 1.78. The van der Waals surface area contributed by atoms with E-state index in [1.165, 1.54) is 25.0 Å². The van der Waals surface area contributed by atoms with Gasteiger partial charge >= 0.3 is 5.97 Å². The number of carboxylic acid groups (broad SMARTS) is 1. The summed E-state index contributed by atoms with van der Waals surface area (Å²) < 4.78 is 18.4. The van der Waals surface area contributed by atoms with Crippen LogP contribution in [0.5, 0.6) is 0 Å². The smallest absolute Gasteiger partial charge is 0.337 e. The number of nitrogens with one attached hydrogen (secondary N) is 1. The third-order valence-corrected chi connectivity index (χ3v) is 3.04. The van der Waals surface area contributed by atoms with Gasteiger partial charge in [-0.15, -0.1) is 0 Å². The second-order valence-electron chi connectivity index (χ2n) is 4.79. The van der Waals surface area contributed by atoms with E-state index >= 15 is 0 Å². The van der Waals surface area contributed by atoms with E-state index in [0.29, 0.717) is 18.8 Å². The highest BCUT2D eigenvalue weighted by Gasteiger charge is 2.20. The van der Waals surface area contributed by atoms with Crippen molar-refractivity contribution in [3.05, 3.63) is 29.6 Å². The van der Waals surface area contributed by atoms with Crippen molar-refractivity contribution in [2.24, 2.45) is 5.92 Å². The number of hydrogen-bond acceptors (Lipinski definition) is 3. The summed E-state index contributed by atoms with van der Waals surface area (Å²) >= 11 is 0. The maximum atomic E-state index is 13.0. The number of benzene rings is 1. The van der Waals surface area contributed by atoms with Crippen molar-refractivity contribution < 1.29 is 19.0 Å². The monoisotopic (exact) mass is 267 g/mol. The Balaban J connectivity index is 1.73. The molecule has 1 aliphatic rings. The van der Waals surface area contributed by atoms with Crippen molar-refractivity contribution in [3.63, 3.8) is 0 Å². The van der Waals surface area contributed by atoms with Gasteiger partial charge in [-0.3, -0.25) is 0 Å². The Bertz CT molecular complexity index is 446. The lowest BCUT2D eigenvalue weighted by Gasteiger charge is -2.09. The molecule has 0 unspecified atom stereocenters. The van der Waals surface area contributed by atoms with Crippen LogP contribution in [0.25, 0.3) is 0 Å². The molecule has 0 atom stereocenters. The minimum absolute atomic E-state index is 0.0427. The first-order valence-corrected chi connectivity index (χ1v) is 6.51. The van der Waals surface area contributed by atoms with Gasteiger partial charge in [0.1, 0.15) is 5.82 Å². The van der Waals surface area contributed by atoms with E-state index in [9.17, 15) is 9.18 Å². The van der Waals surface area contributed by atoms with E-state index in [2.05, 4.69) is 5.32 Å². The number of carboxylic acids is 1. The SMILES string of the molecule is O=C(O)c1cc(F)ccc1NCCCOCC1CC1. The number of anilines is 1. The second-order valence-corrected chi connectivity index (χ2v) is 4.79. The maximum absolute atomic E-state index is 13.0. The van der Waals surface area contributed by atoms with Gasteiger partial charge in [-0.05, 0) is 43.4 Å². The highest BCUT2D eigenvalue weighted by atomic mass is 19.1. The zero-order valence-corrected chi connectivity index (χ0v) is 10.7. The van der Waals surface area contributed by atoms with Gasteiger partial charge in [-0.25, -0.2) is 9.18 Å². The molecule has 0 aliphatic heterocycles. The largest absolute Gasteiger partial charge is 0.478 e. The van der Waals surface area contributed by atoms with E-state index in [1.54, 1.807) is 0 Å². The van der Waals surface area contributed by atoms with Gasteiger partial charge in [-0.1, -0.05) is 0 Å². The van der Waals surface area contributed by atoms with Crippen LogP contribution in [0.1, 0.15) is 29.6 Å². The highest BCUT2D eigenvalue weighted by Crippen LogP contribution is 2.28. The molecule has 5 heteroatoms. The lowest BCUT2D eigenvalue weighted by atomic mass is 10.1. The summed E-state index contributed by atoms with van der Waals surface area (Å²) in [7, 11) is 0. The van der Waals surface area contributed by atoms with Crippen molar-refractivity contribution in [2.45, 2.75) is 19.3 Å². The topological polar surface area (TPSA) is 58.6 Å². The molecule has 2 rings (SSSR count). The van der Waals surface area contributed by atoms with Gasteiger partial charge in [-0.2, -0.15) is 0 Å². The van der Waals surface area contributed by atoms with Crippen molar-refractivity contribution in [2.75, 3.05) is 25.1 Å². The standard InChI is InChI=1S/C14H18FNO3/c15-11-4-5-13(12(8-11)14(17)18)16-6-1-7-19-9-10-2-3-10/h4-5,8,10,16H,1-3,6-7,9H2,(H,17,18). The molecule has 1 aromatic rings. The molecule has 0 aromatic heterocycles. The molecule has 0 saturated heterocycles. The van der Waals surface area contributed by atoms with Crippen molar-refractivity contribution in [1.29, 1.82) is 0 Å². The van der Waals surface area contributed by atoms with E-state index in [4.69, 9.17) is 9.84 Å². The van der Waals surface area contributed by atoms with Crippen LogP contribution >= 0.6 is 0 Å². The molecule has 0 bridgehead atoms. The van der Waals surface area contributed by atoms with Crippen LogP contribution in [0.2, 0.25) is 0 Å². The lowest BCUT2D eigenvalue weighted by molar-refractivity contribution is 0.0697. The summed E-state index contributed by atoms with van der Waals surface area (Å²) in [5.41, 5.74) is 0.398. The predicted molar refractivity (Wildman–Crippen MR) is 70.0 cm³/mol. The molecule has 0 radical (unpaired) electrons. The Morgan fingerprint density at radius 1 is 1.47 bits per heavy atom. The molecule has 104 valence electrons. The second kappa shape index (κ2) is 6.52. The van der Waals surface area contributed by atoms with Gasteiger partial charge in [0.15, 0.2) is 0 Å². The number of ether oxygens (including phenoxy) is 1. The van der Waals surface area contributed by atoms with Crippen LogP contribution in [0, 0.1) is 11.7 Å². The molecule has 0 heterocycles. The van der Waals surface area contributed by atoms with E-state index in [-0.39, 0.29) is 5.56 Å². The lowest BCUT2D eigenvalue weighted by Crippen LogP contribution is -2.10. The summed E-state index contributed by atoms with van der Waals surface area (Å²) in [6.07, 6.45) is 3.34. The summed E-state index contributed by atoms with van der Waals surface area (Å²) in [6.45, 7) is 2.10. The molecule has 2 N–H and O–H groups in total. The molecule has 4 nitrogen and oxygen atoms in total. The van der Waals surface area contributed by atoms with Crippen LogP contribution in [-0.2, 0) is 4.74 Å². The quantitative estimate of drug-likeness (QED) is 0.711. The summed E-state index contributed by atoms with van der Waals surface area (Å²) in [4.78, 5) is 11.0. The van der Waals surface area contributed by atoms with Crippen LogP contribution in [0.4, 0.5) is 10.1 Å². The van der Waals surface area contributed by atoms with Crippen LogP contribution in [0.15, 0.2) is 18.2 Å². The van der Waals surface area contributed by atoms with Crippen LogP contribution in [0.3, 0.4) is 0 Å². The first-order valence-electron chi connectivity index (χ1n) is 6.51. The average Bonchev–Trinajstić information content (AvgIpc) is 3.19. The first-order chi connectivity index (χ1) is 9.16. The molecule has 1 aromatic carbocycles. The summed E-state index contributed by atoms with van der Waals surface area (Å²) in [5.74, 6) is -0.925. The summed E-state index contributed by atoms with van der Waals surface area (Å²) in [5, 5.41) is 12.0. The molecule has 19 heavy (non-hydrogen) atoms.